The Kier molecular flexibility index (Phi) is 3.94. The summed E-state index contributed by atoms with van der Waals surface area (Å²) < 4.78 is 13.0. The number of carbonyl (C=O) groups is 1. The van der Waals surface area contributed by atoms with Crippen molar-refractivity contribution in [2.24, 2.45) is 0 Å². The molecule has 0 amide bonds. The second kappa shape index (κ2) is 5.33. The fourth-order valence-corrected chi connectivity index (χ4v) is 2.14. The molecule has 98 valence electrons. The number of carboxylic acids is 1. The first-order valence-corrected chi connectivity index (χ1v) is 6.07. The van der Waals surface area contributed by atoms with Crippen LogP contribution in [0.15, 0.2) is 24.4 Å². The van der Waals surface area contributed by atoms with E-state index >= 15 is 0 Å². The van der Waals surface area contributed by atoms with Gasteiger partial charge < -0.3 is 5.11 Å². The third kappa shape index (κ3) is 2.81. The summed E-state index contributed by atoms with van der Waals surface area (Å²) in [6.45, 7) is 0. The zero-order valence-corrected chi connectivity index (χ0v) is 11.4. The average molecular weight is 321 g/mol. The van der Waals surface area contributed by atoms with Gasteiger partial charge in [-0.25, -0.2) is 9.78 Å². The number of hydrogen-bond donors (Lipinski definition) is 1. The summed E-state index contributed by atoms with van der Waals surface area (Å²) >= 11 is 17.6. The molecule has 1 N–H and O–H groups in total. The zero-order chi connectivity index (χ0) is 14.2. The molecule has 7 heteroatoms. The lowest BCUT2D eigenvalue weighted by molar-refractivity contribution is 0.0697. The molecule has 0 aliphatic heterocycles. The van der Waals surface area contributed by atoms with Gasteiger partial charge in [-0.3, -0.25) is 0 Å². The Hall–Kier alpha value is -1.36. The highest BCUT2D eigenvalue weighted by Crippen LogP contribution is 2.36. The van der Waals surface area contributed by atoms with Crippen molar-refractivity contribution in [1.82, 2.24) is 4.98 Å². The molecule has 0 atom stereocenters. The topological polar surface area (TPSA) is 50.2 Å². The van der Waals surface area contributed by atoms with E-state index in [9.17, 15) is 9.18 Å². The maximum absolute atomic E-state index is 13.0. The lowest BCUT2D eigenvalue weighted by Crippen LogP contribution is -2.02. The molecule has 0 aliphatic rings. The smallest absolute Gasteiger partial charge is 0.336 e. The maximum Gasteiger partial charge on any atom is 0.336 e. The Morgan fingerprint density at radius 2 is 1.74 bits per heavy atom. The largest absolute Gasteiger partial charge is 0.478 e. The number of aromatic nitrogens is 1. The minimum Gasteiger partial charge on any atom is -0.478 e. The van der Waals surface area contributed by atoms with E-state index in [1.165, 1.54) is 12.1 Å². The molecular weight excluding hydrogens is 315 g/mol. The van der Waals surface area contributed by atoms with Gasteiger partial charge in [0.25, 0.3) is 0 Å². The number of benzene rings is 1. The van der Waals surface area contributed by atoms with Gasteiger partial charge in [-0.1, -0.05) is 34.8 Å². The lowest BCUT2D eigenvalue weighted by Gasteiger charge is -2.08. The van der Waals surface area contributed by atoms with Crippen molar-refractivity contribution in [2.45, 2.75) is 0 Å². The van der Waals surface area contributed by atoms with Crippen molar-refractivity contribution in [3.63, 3.8) is 0 Å². The highest BCUT2D eigenvalue weighted by atomic mass is 35.5. The first-order valence-electron chi connectivity index (χ1n) is 4.94. The molecule has 2 rings (SSSR count). The van der Waals surface area contributed by atoms with E-state index in [4.69, 9.17) is 39.9 Å². The normalized spacial score (nSPS) is 10.5. The van der Waals surface area contributed by atoms with Gasteiger partial charge in [-0.2, -0.15) is 4.39 Å². The molecule has 19 heavy (non-hydrogen) atoms. The molecule has 0 unspecified atom stereocenters. The number of halogens is 4. The van der Waals surface area contributed by atoms with Gasteiger partial charge in [-0.05, 0) is 17.7 Å². The summed E-state index contributed by atoms with van der Waals surface area (Å²) in [5.74, 6) is -2.16. The number of pyridine rings is 1. The first kappa shape index (κ1) is 14.1. The summed E-state index contributed by atoms with van der Waals surface area (Å²) in [7, 11) is 0. The van der Waals surface area contributed by atoms with Crippen molar-refractivity contribution in [3.8, 4) is 11.1 Å². The van der Waals surface area contributed by atoms with Crippen LogP contribution in [0.3, 0.4) is 0 Å². The third-order valence-corrected chi connectivity index (χ3v) is 3.59. The predicted octanol–water partition coefficient (Wildman–Crippen LogP) is 4.55. The van der Waals surface area contributed by atoms with Crippen molar-refractivity contribution in [2.75, 3.05) is 0 Å². The monoisotopic (exact) mass is 319 g/mol. The third-order valence-electron chi connectivity index (χ3n) is 2.40. The van der Waals surface area contributed by atoms with E-state index in [1.54, 1.807) is 0 Å². The SMILES string of the molecule is O=C(O)c1cc(F)ncc1-c1cc(Cl)c(Cl)c(Cl)c1. The van der Waals surface area contributed by atoms with Crippen LogP contribution in [0.2, 0.25) is 15.1 Å². The van der Waals surface area contributed by atoms with Gasteiger partial charge in [0.15, 0.2) is 0 Å². The number of carboxylic acid groups (broad SMARTS) is 1. The maximum atomic E-state index is 13.0. The minimum atomic E-state index is -1.28. The van der Waals surface area contributed by atoms with Gasteiger partial charge >= 0.3 is 5.97 Å². The molecular formula is C12H5Cl3FNO2. The van der Waals surface area contributed by atoms with Crippen molar-refractivity contribution < 1.29 is 14.3 Å². The standard InChI is InChI=1S/C12H5Cl3FNO2/c13-8-1-5(2-9(14)11(8)15)7-4-17-10(16)3-6(7)12(18)19/h1-4H,(H,18,19). The van der Waals surface area contributed by atoms with Crippen LogP contribution >= 0.6 is 34.8 Å². The number of aromatic carboxylic acids is 1. The molecule has 0 saturated carbocycles. The fraction of sp³-hybridized carbons (Fsp3) is 0. The second-order valence-corrected chi connectivity index (χ2v) is 4.80. The molecule has 1 aromatic carbocycles. The van der Waals surface area contributed by atoms with Crippen molar-refractivity contribution >= 4 is 40.8 Å². The van der Waals surface area contributed by atoms with E-state index in [0.29, 0.717) is 5.56 Å². The number of hydrogen-bond acceptors (Lipinski definition) is 2. The minimum absolute atomic E-state index is 0.166. The summed E-state index contributed by atoms with van der Waals surface area (Å²) in [5.41, 5.74) is 0.362. The van der Waals surface area contributed by atoms with Crippen LogP contribution in [0.5, 0.6) is 0 Å². The molecule has 0 fully saturated rings. The summed E-state index contributed by atoms with van der Waals surface area (Å²) in [4.78, 5) is 14.5. The predicted molar refractivity (Wildman–Crippen MR) is 71.6 cm³/mol. The fourth-order valence-electron chi connectivity index (χ4n) is 1.55. The highest BCUT2D eigenvalue weighted by Gasteiger charge is 2.16. The number of rotatable bonds is 2. The molecule has 0 saturated heterocycles. The van der Waals surface area contributed by atoms with E-state index in [2.05, 4.69) is 4.98 Å². The van der Waals surface area contributed by atoms with Crippen LogP contribution in [0.25, 0.3) is 11.1 Å². The van der Waals surface area contributed by atoms with Gasteiger partial charge in [0.1, 0.15) is 0 Å². The highest BCUT2D eigenvalue weighted by molar-refractivity contribution is 6.48. The van der Waals surface area contributed by atoms with Crippen molar-refractivity contribution in [1.29, 1.82) is 0 Å². The van der Waals surface area contributed by atoms with Crippen LogP contribution in [0.1, 0.15) is 10.4 Å². The molecule has 2 aromatic rings. The molecule has 0 radical (unpaired) electrons. The van der Waals surface area contributed by atoms with E-state index in [-0.39, 0.29) is 26.2 Å². The molecule has 0 bridgehead atoms. The van der Waals surface area contributed by atoms with Crippen LogP contribution in [-0.4, -0.2) is 16.1 Å². The molecule has 0 aliphatic carbocycles. The first-order chi connectivity index (χ1) is 8.90. The Labute approximate surface area is 122 Å². The Morgan fingerprint density at radius 1 is 1.16 bits per heavy atom. The Bertz CT molecular complexity index is 653. The Morgan fingerprint density at radius 3 is 2.26 bits per heavy atom. The number of nitrogens with zero attached hydrogens (tertiary/aromatic N) is 1. The summed E-state index contributed by atoms with van der Waals surface area (Å²) in [5, 5.41) is 9.57. The van der Waals surface area contributed by atoms with E-state index in [0.717, 1.165) is 12.3 Å². The van der Waals surface area contributed by atoms with E-state index < -0.39 is 11.9 Å². The molecule has 3 nitrogen and oxygen atoms in total. The van der Waals surface area contributed by atoms with Gasteiger partial charge in [0.2, 0.25) is 5.95 Å². The lowest BCUT2D eigenvalue weighted by atomic mass is 10.0. The van der Waals surface area contributed by atoms with E-state index in [1.807, 2.05) is 0 Å². The zero-order valence-electron chi connectivity index (χ0n) is 9.12. The molecule has 0 spiro atoms. The van der Waals surface area contributed by atoms with Crippen LogP contribution in [0, 0.1) is 5.95 Å². The average Bonchev–Trinajstić information content (AvgIpc) is 2.35. The second-order valence-electron chi connectivity index (χ2n) is 3.61. The quantitative estimate of drug-likeness (QED) is 0.652. The van der Waals surface area contributed by atoms with Gasteiger partial charge in [0.05, 0.1) is 20.6 Å². The summed E-state index contributed by atoms with van der Waals surface area (Å²) in [6, 6.07) is 3.71. The molecule has 1 heterocycles. The Balaban J connectivity index is 2.68. The molecule has 1 aromatic heterocycles. The van der Waals surface area contributed by atoms with Crippen LogP contribution in [-0.2, 0) is 0 Å². The van der Waals surface area contributed by atoms with Gasteiger partial charge in [0, 0.05) is 17.8 Å². The van der Waals surface area contributed by atoms with Crippen LogP contribution in [0.4, 0.5) is 4.39 Å². The van der Waals surface area contributed by atoms with Crippen LogP contribution < -0.4 is 0 Å². The van der Waals surface area contributed by atoms with Gasteiger partial charge in [-0.15, -0.1) is 0 Å². The summed E-state index contributed by atoms with van der Waals surface area (Å²) in [6.07, 6.45) is 1.11. The van der Waals surface area contributed by atoms with Crippen molar-refractivity contribution in [3.05, 3.63) is 51.0 Å².